The molecule has 138 valence electrons. The Morgan fingerprint density at radius 1 is 1.07 bits per heavy atom. The molecule has 0 aliphatic carbocycles. The van der Waals surface area contributed by atoms with Gasteiger partial charge in [0.1, 0.15) is 6.61 Å². The normalized spacial score (nSPS) is 18.0. The van der Waals surface area contributed by atoms with E-state index in [0.29, 0.717) is 24.5 Å². The fourth-order valence-electron chi connectivity index (χ4n) is 2.91. The summed E-state index contributed by atoms with van der Waals surface area (Å²) in [6.45, 7) is 0.132. The number of amides is 1. The number of para-hydroxylation sites is 2. The largest absolute Gasteiger partial charge is 0.485 e. The van der Waals surface area contributed by atoms with Gasteiger partial charge in [0.2, 0.25) is 6.10 Å². The lowest BCUT2D eigenvalue weighted by atomic mass is 10.1. The zero-order chi connectivity index (χ0) is 18.6. The van der Waals surface area contributed by atoms with Gasteiger partial charge in [-0.15, -0.1) is 0 Å². The highest BCUT2D eigenvalue weighted by atomic mass is 16.6. The molecule has 1 amide bonds. The molecule has 0 saturated carbocycles. The fourth-order valence-corrected chi connectivity index (χ4v) is 2.91. The molecular formula is C20H18N2O5. The Bertz CT molecular complexity index is 881. The van der Waals surface area contributed by atoms with Crippen LogP contribution in [0.4, 0.5) is 0 Å². The molecule has 2 aromatic carbocycles. The first-order chi connectivity index (χ1) is 13.2. The predicted molar refractivity (Wildman–Crippen MR) is 96.6 cm³/mol. The molecule has 0 fully saturated rings. The standard InChI is InChI=1S/C20H18N2O5/c23-19(22-11-10-15(21-22)14-6-2-1-3-7-14)13-26-20(24)18-12-25-16-8-4-5-9-17(16)27-18/h1-9,18H,10-13H2/t18-/m0/s1. The van der Waals surface area contributed by atoms with Crippen LogP contribution in [0.1, 0.15) is 12.0 Å². The van der Waals surface area contributed by atoms with Crippen LogP contribution in [0.15, 0.2) is 59.7 Å². The zero-order valence-electron chi connectivity index (χ0n) is 14.5. The van der Waals surface area contributed by atoms with Gasteiger partial charge in [0.25, 0.3) is 5.91 Å². The van der Waals surface area contributed by atoms with Gasteiger partial charge < -0.3 is 14.2 Å². The van der Waals surface area contributed by atoms with Crippen LogP contribution in [-0.4, -0.2) is 48.5 Å². The Morgan fingerprint density at radius 3 is 2.63 bits per heavy atom. The van der Waals surface area contributed by atoms with E-state index in [1.54, 1.807) is 18.2 Å². The highest BCUT2D eigenvalue weighted by molar-refractivity contribution is 6.02. The summed E-state index contributed by atoms with van der Waals surface area (Å²) in [7, 11) is 0. The Hall–Kier alpha value is -3.35. The van der Waals surface area contributed by atoms with E-state index in [4.69, 9.17) is 14.2 Å². The summed E-state index contributed by atoms with van der Waals surface area (Å²) in [4.78, 5) is 24.5. The van der Waals surface area contributed by atoms with Crippen molar-refractivity contribution in [1.29, 1.82) is 0 Å². The number of fused-ring (bicyclic) bond motifs is 1. The van der Waals surface area contributed by atoms with Gasteiger partial charge in [0.05, 0.1) is 12.3 Å². The van der Waals surface area contributed by atoms with Crippen LogP contribution in [0.2, 0.25) is 0 Å². The van der Waals surface area contributed by atoms with Crippen molar-refractivity contribution in [2.45, 2.75) is 12.5 Å². The number of hydrogen-bond donors (Lipinski definition) is 0. The van der Waals surface area contributed by atoms with Crippen LogP contribution in [0, 0.1) is 0 Å². The summed E-state index contributed by atoms with van der Waals surface area (Å²) < 4.78 is 16.2. The van der Waals surface area contributed by atoms with Crippen LogP contribution < -0.4 is 9.47 Å². The molecule has 0 spiro atoms. The monoisotopic (exact) mass is 366 g/mol. The van der Waals surface area contributed by atoms with Crippen molar-refractivity contribution in [3.63, 3.8) is 0 Å². The third-order valence-electron chi connectivity index (χ3n) is 4.31. The topological polar surface area (TPSA) is 77.4 Å². The van der Waals surface area contributed by atoms with Gasteiger partial charge in [-0.2, -0.15) is 5.10 Å². The molecule has 2 aliphatic rings. The number of benzene rings is 2. The minimum absolute atomic E-state index is 0.0457. The number of nitrogens with zero attached hydrogens (tertiary/aromatic N) is 2. The van der Waals surface area contributed by atoms with Gasteiger partial charge in [-0.05, 0) is 17.7 Å². The first-order valence-electron chi connectivity index (χ1n) is 8.69. The summed E-state index contributed by atoms with van der Waals surface area (Å²) in [5, 5.41) is 5.67. The maximum atomic E-state index is 12.3. The first-order valence-corrected chi connectivity index (χ1v) is 8.69. The maximum absolute atomic E-state index is 12.3. The number of rotatable bonds is 4. The summed E-state index contributed by atoms with van der Waals surface area (Å²) >= 11 is 0. The quantitative estimate of drug-likeness (QED) is 0.774. The number of esters is 1. The molecule has 7 heteroatoms. The molecule has 0 saturated heterocycles. The van der Waals surface area contributed by atoms with Crippen molar-refractivity contribution in [3.8, 4) is 11.5 Å². The lowest BCUT2D eigenvalue weighted by Gasteiger charge is -2.25. The van der Waals surface area contributed by atoms with E-state index in [1.807, 2.05) is 36.4 Å². The van der Waals surface area contributed by atoms with Crippen LogP contribution in [0.5, 0.6) is 11.5 Å². The lowest BCUT2D eigenvalue weighted by Crippen LogP contribution is -2.39. The minimum atomic E-state index is -0.894. The molecule has 0 aromatic heterocycles. The summed E-state index contributed by atoms with van der Waals surface area (Å²) in [6, 6.07) is 16.8. The van der Waals surface area contributed by atoms with E-state index in [9.17, 15) is 9.59 Å². The van der Waals surface area contributed by atoms with E-state index in [0.717, 1.165) is 11.3 Å². The second-order valence-corrected chi connectivity index (χ2v) is 6.15. The molecule has 7 nitrogen and oxygen atoms in total. The summed E-state index contributed by atoms with van der Waals surface area (Å²) in [5.41, 5.74) is 1.83. The van der Waals surface area contributed by atoms with Crippen molar-refractivity contribution >= 4 is 17.6 Å². The highest BCUT2D eigenvalue weighted by Crippen LogP contribution is 2.31. The van der Waals surface area contributed by atoms with Crippen molar-refractivity contribution < 1.29 is 23.8 Å². The molecular weight excluding hydrogens is 348 g/mol. The molecule has 4 rings (SSSR count). The Morgan fingerprint density at radius 2 is 1.81 bits per heavy atom. The predicted octanol–water partition coefficient (Wildman–Crippen LogP) is 2.01. The van der Waals surface area contributed by atoms with Crippen molar-refractivity contribution in [2.75, 3.05) is 19.8 Å². The average Bonchev–Trinajstić information content (AvgIpc) is 3.22. The molecule has 2 heterocycles. The Labute approximate surface area is 156 Å². The first kappa shape index (κ1) is 17.1. The molecule has 27 heavy (non-hydrogen) atoms. The van der Waals surface area contributed by atoms with Gasteiger partial charge in [-0.3, -0.25) is 4.79 Å². The third-order valence-corrected chi connectivity index (χ3v) is 4.31. The van der Waals surface area contributed by atoms with E-state index in [-0.39, 0.29) is 19.1 Å². The molecule has 0 N–H and O–H groups in total. The summed E-state index contributed by atoms with van der Waals surface area (Å²) in [5.74, 6) is 0.0573. The maximum Gasteiger partial charge on any atom is 0.351 e. The highest BCUT2D eigenvalue weighted by Gasteiger charge is 2.30. The third kappa shape index (κ3) is 3.76. The number of hydrogen-bond acceptors (Lipinski definition) is 6. The van der Waals surface area contributed by atoms with E-state index >= 15 is 0 Å². The van der Waals surface area contributed by atoms with E-state index < -0.39 is 12.1 Å². The van der Waals surface area contributed by atoms with Crippen LogP contribution >= 0.6 is 0 Å². The van der Waals surface area contributed by atoms with Gasteiger partial charge in [0, 0.05) is 6.42 Å². The molecule has 1 atom stereocenters. The van der Waals surface area contributed by atoms with Crippen molar-refractivity contribution in [3.05, 3.63) is 60.2 Å². The summed E-state index contributed by atoms with van der Waals surface area (Å²) in [6.07, 6.45) is -0.227. The van der Waals surface area contributed by atoms with Gasteiger partial charge in [-0.25, -0.2) is 9.80 Å². The Balaban J connectivity index is 1.31. The van der Waals surface area contributed by atoms with Crippen molar-refractivity contribution in [1.82, 2.24) is 5.01 Å². The van der Waals surface area contributed by atoms with E-state index in [2.05, 4.69) is 5.10 Å². The second-order valence-electron chi connectivity index (χ2n) is 6.15. The van der Waals surface area contributed by atoms with Crippen LogP contribution in [0.3, 0.4) is 0 Å². The number of ether oxygens (including phenoxy) is 3. The SMILES string of the molecule is O=C(OCC(=O)N1CCC(c2ccccc2)=N1)[C@@H]1COc2ccccc2O1. The number of carbonyl (C=O) groups is 2. The smallest absolute Gasteiger partial charge is 0.351 e. The zero-order valence-corrected chi connectivity index (χ0v) is 14.5. The van der Waals surface area contributed by atoms with Gasteiger partial charge in [-0.1, -0.05) is 42.5 Å². The minimum Gasteiger partial charge on any atom is -0.485 e. The molecule has 0 unspecified atom stereocenters. The van der Waals surface area contributed by atoms with Crippen LogP contribution in [0.25, 0.3) is 0 Å². The number of hydrazone groups is 1. The fraction of sp³-hybridized carbons (Fsp3) is 0.250. The van der Waals surface area contributed by atoms with Gasteiger partial charge in [0.15, 0.2) is 18.1 Å². The lowest BCUT2D eigenvalue weighted by molar-refractivity contribution is -0.160. The molecule has 2 aromatic rings. The average molecular weight is 366 g/mol. The molecule has 0 radical (unpaired) electrons. The van der Waals surface area contributed by atoms with E-state index in [1.165, 1.54) is 5.01 Å². The van der Waals surface area contributed by atoms with Gasteiger partial charge >= 0.3 is 5.97 Å². The van der Waals surface area contributed by atoms with Crippen molar-refractivity contribution in [2.24, 2.45) is 5.10 Å². The number of carbonyl (C=O) groups excluding carboxylic acids is 2. The Kier molecular flexibility index (Phi) is 4.74. The molecule has 0 bridgehead atoms. The second kappa shape index (κ2) is 7.49. The molecule has 2 aliphatic heterocycles. The van der Waals surface area contributed by atoms with Crippen LogP contribution in [-0.2, 0) is 14.3 Å².